The van der Waals surface area contributed by atoms with E-state index in [4.69, 9.17) is 13.9 Å². The SMILES string of the molecule is CC(C)[Si](OC[C@]1(CO)COC[C@H](N2C=CC(=O)CC2=O)O1)(C(C)C)C(C)C. The average Bonchev–Trinajstić information content (AvgIpc) is 2.61. The van der Waals surface area contributed by atoms with E-state index in [1.807, 2.05) is 0 Å². The van der Waals surface area contributed by atoms with E-state index in [2.05, 4.69) is 41.5 Å². The number of amides is 1. The van der Waals surface area contributed by atoms with Crippen LogP contribution in [0.15, 0.2) is 12.3 Å². The van der Waals surface area contributed by atoms with E-state index in [9.17, 15) is 14.7 Å². The minimum absolute atomic E-state index is 0.178. The Hall–Kier alpha value is -1.06. The summed E-state index contributed by atoms with van der Waals surface area (Å²) in [6.45, 7) is 13.5. The first-order valence-corrected chi connectivity index (χ1v) is 12.2. The molecule has 0 aromatic rings. The van der Waals surface area contributed by atoms with Crippen LogP contribution in [-0.4, -0.2) is 68.3 Å². The fraction of sp³-hybridized carbons (Fsp3) is 0.800. The number of nitrogens with zero attached hydrogens (tertiary/aromatic N) is 1. The molecule has 1 saturated heterocycles. The van der Waals surface area contributed by atoms with Gasteiger partial charge in [0.25, 0.3) is 0 Å². The summed E-state index contributed by atoms with van der Waals surface area (Å²) in [6.07, 6.45) is 1.94. The molecule has 0 radical (unpaired) electrons. The highest BCUT2D eigenvalue weighted by atomic mass is 28.4. The minimum Gasteiger partial charge on any atom is -0.413 e. The maximum absolute atomic E-state index is 12.2. The zero-order valence-corrected chi connectivity index (χ0v) is 18.9. The summed E-state index contributed by atoms with van der Waals surface area (Å²) >= 11 is 0. The second-order valence-corrected chi connectivity index (χ2v) is 14.3. The van der Waals surface area contributed by atoms with Gasteiger partial charge >= 0.3 is 0 Å². The van der Waals surface area contributed by atoms with Gasteiger partial charge in [0, 0.05) is 6.20 Å². The van der Waals surface area contributed by atoms with Crippen LogP contribution < -0.4 is 0 Å². The molecule has 0 aliphatic carbocycles. The molecule has 2 aliphatic rings. The van der Waals surface area contributed by atoms with Crippen LogP contribution in [0.1, 0.15) is 48.0 Å². The van der Waals surface area contributed by atoms with Gasteiger partial charge in [-0.1, -0.05) is 41.5 Å². The molecule has 8 heteroatoms. The monoisotopic (exact) mass is 413 g/mol. The number of hydrogen-bond donors (Lipinski definition) is 1. The van der Waals surface area contributed by atoms with Crippen LogP contribution in [-0.2, 0) is 23.5 Å². The Morgan fingerprint density at radius 2 is 1.82 bits per heavy atom. The fourth-order valence-corrected chi connectivity index (χ4v) is 10.1. The molecule has 2 heterocycles. The van der Waals surface area contributed by atoms with Crippen molar-refractivity contribution >= 4 is 20.0 Å². The Labute approximate surface area is 169 Å². The quantitative estimate of drug-likeness (QED) is 0.486. The highest BCUT2D eigenvalue weighted by Gasteiger charge is 2.49. The van der Waals surface area contributed by atoms with Crippen molar-refractivity contribution in [2.75, 3.05) is 26.4 Å². The molecule has 0 aromatic heterocycles. The average molecular weight is 414 g/mol. The van der Waals surface area contributed by atoms with E-state index in [1.54, 1.807) is 0 Å². The molecular weight excluding hydrogens is 378 g/mol. The zero-order valence-electron chi connectivity index (χ0n) is 17.9. The van der Waals surface area contributed by atoms with Crippen molar-refractivity contribution in [3.05, 3.63) is 12.3 Å². The zero-order chi connectivity index (χ0) is 21.1. The number of ether oxygens (including phenoxy) is 2. The normalized spacial score (nSPS) is 26.8. The van der Waals surface area contributed by atoms with Gasteiger partial charge in [0.1, 0.15) is 5.60 Å². The molecule has 1 fully saturated rings. The number of aliphatic hydroxyl groups is 1. The molecule has 2 aliphatic heterocycles. The summed E-state index contributed by atoms with van der Waals surface area (Å²) in [4.78, 5) is 25.0. The van der Waals surface area contributed by atoms with Crippen LogP contribution in [0.3, 0.4) is 0 Å². The first-order chi connectivity index (χ1) is 13.1. The molecule has 1 amide bonds. The van der Waals surface area contributed by atoms with Gasteiger partial charge in [0.2, 0.25) is 5.91 Å². The third-order valence-electron chi connectivity index (χ3n) is 5.94. The Balaban J connectivity index is 2.18. The number of allylic oxidation sites excluding steroid dienone is 1. The van der Waals surface area contributed by atoms with Gasteiger partial charge < -0.3 is 19.0 Å². The second kappa shape index (κ2) is 9.17. The number of carbonyl (C=O) groups is 2. The van der Waals surface area contributed by atoms with Gasteiger partial charge in [-0.05, 0) is 22.7 Å². The molecule has 0 bridgehead atoms. The maximum Gasteiger partial charge on any atom is 0.236 e. The molecule has 0 spiro atoms. The van der Waals surface area contributed by atoms with Crippen molar-refractivity contribution in [2.24, 2.45) is 0 Å². The van der Waals surface area contributed by atoms with Crippen molar-refractivity contribution in [1.82, 2.24) is 4.90 Å². The van der Waals surface area contributed by atoms with Crippen LogP contribution in [0, 0.1) is 0 Å². The summed E-state index contributed by atoms with van der Waals surface area (Å²) in [5, 5.41) is 10.1. The number of aliphatic hydroxyl groups excluding tert-OH is 1. The molecule has 7 nitrogen and oxygen atoms in total. The topological polar surface area (TPSA) is 85.3 Å². The molecule has 0 aromatic carbocycles. The van der Waals surface area contributed by atoms with Crippen molar-refractivity contribution in [3.8, 4) is 0 Å². The lowest BCUT2D eigenvalue weighted by atomic mass is 10.1. The first-order valence-electron chi connectivity index (χ1n) is 10.1. The molecule has 0 unspecified atom stereocenters. The molecule has 28 heavy (non-hydrogen) atoms. The van der Waals surface area contributed by atoms with Gasteiger partial charge in [0.05, 0.1) is 32.8 Å². The van der Waals surface area contributed by atoms with Crippen LogP contribution in [0.2, 0.25) is 16.6 Å². The Bertz CT molecular complexity index is 584. The number of rotatable bonds is 8. The van der Waals surface area contributed by atoms with Crippen molar-refractivity contribution in [1.29, 1.82) is 0 Å². The van der Waals surface area contributed by atoms with E-state index in [0.717, 1.165) is 0 Å². The second-order valence-electron chi connectivity index (χ2n) is 8.79. The van der Waals surface area contributed by atoms with Crippen molar-refractivity contribution in [3.63, 3.8) is 0 Å². The molecule has 0 saturated carbocycles. The third kappa shape index (κ3) is 4.57. The Kier molecular flexibility index (Phi) is 7.60. The van der Waals surface area contributed by atoms with Crippen LogP contribution in [0.5, 0.6) is 0 Å². The standard InChI is InChI=1S/C20H35NO6Si/c1-14(2)28(15(3)4,16(5)6)26-13-20(11-22)12-25-10-19(27-20)21-8-7-17(23)9-18(21)24/h7-8,14-16,19,22H,9-13H2,1-6H3/t19-,20+/m1/s1. The predicted octanol–water partition coefficient (Wildman–Crippen LogP) is 2.60. The highest BCUT2D eigenvalue weighted by Crippen LogP contribution is 2.43. The lowest BCUT2D eigenvalue weighted by molar-refractivity contribution is -0.252. The summed E-state index contributed by atoms with van der Waals surface area (Å²) in [6, 6.07) is 0. The van der Waals surface area contributed by atoms with Crippen molar-refractivity contribution in [2.45, 2.75) is 76.4 Å². The largest absolute Gasteiger partial charge is 0.413 e. The molecular formula is C20H35NO6Si. The van der Waals surface area contributed by atoms with E-state index in [0.29, 0.717) is 16.6 Å². The van der Waals surface area contributed by atoms with Crippen LogP contribution >= 0.6 is 0 Å². The molecule has 160 valence electrons. The minimum atomic E-state index is -2.14. The number of hydrogen-bond acceptors (Lipinski definition) is 6. The molecule has 2 atom stereocenters. The summed E-state index contributed by atoms with van der Waals surface area (Å²) < 4.78 is 18.5. The number of carbonyl (C=O) groups excluding carboxylic acids is 2. The van der Waals surface area contributed by atoms with E-state index >= 15 is 0 Å². The Morgan fingerprint density at radius 1 is 1.21 bits per heavy atom. The highest BCUT2D eigenvalue weighted by molar-refractivity contribution is 6.77. The lowest BCUT2D eigenvalue weighted by Gasteiger charge is -2.47. The third-order valence-corrected chi connectivity index (χ3v) is 12.0. The van der Waals surface area contributed by atoms with Crippen LogP contribution in [0.4, 0.5) is 0 Å². The van der Waals surface area contributed by atoms with Gasteiger partial charge in [-0.15, -0.1) is 0 Å². The molecule has 2 rings (SSSR count). The smallest absolute Gasteiger partial charge is 0.236 e. The van der Waals surface area contributed by atoms with Gasteiger partial charge in [0.15, 0.2) is 20.3 Å². The fourth-order valence-electron chi connectivity index (χ4n) is 4.60. The summed E-state index contributed by atoms with van der Waals surface area (Å²) in [7, 11) is -2.14. The van der Waals surface area contributed by atoms with Gasteiger partial charge in [-0.3, -0.25) is 14.5 Å². The summed E-state index contributed by atoms with van der Waals surface area (Å²) in [5.74, 6) is -0.553. The Morgan fingerprint density at radius 3 is 2.32 bits per heavy atom. The molecule has 1 N–H and O–H groups in total. The summed E-state index contributed by atoms with van der Waals surface area (Å²) in [5.41, 5.74) is 0.179. The van der Waals surface area contributed by atoms with E-state index in [1.165, 1.54) is 17.2 Å². The van der Waals surface area contributed by atoms with Crippen LogP contribution in [0.25, 0.3) is 0 Å². The first kappa shape index (κ1) is 23.2. The number of ketones is 1. The predicted molar refractivity (Wildman–Crippen MR) is 108 cm³/mol. The maximum atomic E-state index is 12.2. The van der Waals surface area contributed by atoms with Gasteiger partial charge in [-0.2, -0.15) is 0 Å². The van der Waals surface area contributed by atoms with Gasteiger partial charge in [-0.25, -0.2) is 0 Å². The van der Waals surface area contributed by atoms with Crippen molar-refractivity contribution < 1.29 is 28.6 Å². The van der Waals surface area contributed by atoms with E-state index in [-0.39, 0.29) is 44.5 Å². The lowest BCUT2D eigenvalue weighted by Crippen LogP contribution is -2.60. The van der Waals surface area contributed by atoms with E-state index < -0.39 is 20.1 Å².